The Labute approximate surface area is 140 Å². The highest BCUT2D eigenvalue weighted by molar-refractivity contribution is 6.33. The lowest BCUT2D eigenvalue weighted by molar-refractivity contribution is 0.234. The van der Waals surface area contributed by atoms with Crippen molar-refractivity contribution in [2.45, 2.75) is 20.8 Å². The number of urea groups is 1. The molecule has 0 aliphatic rings. The van der Waals surface area contributed by atoms with Crippen LogP contribution in [-0.2, 0) is 0 Å². The van der Waals surface area contributed by atoms with Crippen molar-refractivity contribution in [3.63, 3.8) is 0 Å². The van der Waals surface area contributed by atoms with Crippen LogP contribution in [0.2, 0.25) is 5.02 Å². The van der Waals surface area contributed by atoms with Crippen LogP contribution in [-0.4, -0.2) is 12.8 Å². The van der Waals surface area contributed by atoms with Crippen molar-refractivity contribution < 1.29 is 9.53 Å². The van der Waals surface area contributed by atoms with Crippen LogP contribution in [0.25, 0.3) is 0 Å². The first-order valence-corrected chi connectivity index (χ1v) is 7.55. The second kappa shape index (κ2) is 7.24. The Morgan fingerprint density at radius 1 is 1.17 bits per heavy atom. The number of nitrogens with two attached hydrogens (primary N) is 1. The predicted molar refractivity (Wildman–Crippen MR) is 94.2 cm³/mol. The summed E-state index contributed by atoms with van der Waals surface area (Å²) in [4.78, 5) is 11.9. The number of nitrogen functional groups attached to an aromatic ring is 1. The van der Waals surface area contributed by atoms with Crippen molar-refractivity contribution >= 4 is 29.0 Å². The first kappa shape index (κ1) is 17.0. The van der Waals surface area contributed by atoms with E-state index in [2.05, 4.69) is 10.6 Å². The maximum atomic E-state index is 11.9. The average Bonchev–Trinajstić information content (AvgIpc) is 2.50. The summed E-state index contributed by atoms with van der Waals surface area (Å²) in [5.41, 5.74) is 9.89. The van der Waals surface area contributed by atoms with Gasteiger partial charge in [0, 0.05) is 5.69 Å². The largest absolute Gasteiger partial charge is 0.473 e. The lowest BCUT2D eigenvalue weighted by atomic mass is 10.1. The minimum Gasteiger partial charge on any atom is -0.473 e. The molecule has 0 atom stereocenters. The van der Waals surface area contributed by atoms with E-state index < -0.39 is 0 Å². The molecular formula is C17H20ClN3O2. The minimum absolute atomic E-state index is 0.0691. The lowest BCUT2D eigenvalue weighted by Crippen LogP contribution is -2.32. The number of ether oxygens (including phenoxy) is 1. The highest BCUT2D eigenvalue weighted by Gasteiger charge is 2.08. The van der Waals surface area contributed by atoms with Gasteiger partial charge in [0.15, 0.2) is 6.73 Å². The van der Waals surface area contributed by atoms with Gasteiger partial charge in [-0.05, 0) is 55.7 Å². The fourth-order valence-corrected chi connectivity index (χ4v) is 2.28. The van der Waals surface area contributed by atoms with Crippen LogP contribution < -0.4 is 21.1 Å². The molecule has 0 saturated heterocycles. The third kappa shape index (κ3) is 4.29. The molecule has 6 heteroatoms. The van der Waals surface area contributed by atoms with Gasteiger partial charge in [0.25, 0.3) is 0 Å². The molecule has 0 aromatic heterocycles. The highest BCUT2D eigenvalue weighted by Crippen LogP contribution is 2.25. The Morgan fingerprint density at radius 3 is 2.57 bits per heavy atom. The van der Waals surface area contributed by atoms with Crippen LogP contribution in [0.1, 0.15) is 16.7 Å². The number of carbonyl (C=O) groups excluding carboxylic acids is 1. The van der Waals surface area contributed by atoms with Gasteiger partial charge in [-0.15, -0.1) is 0 Å². The summed E-state index contributed by atoms with van der Waals surface area (Å²) in [7, 11) is 0. The fourth-order valence-electron chi connectivity index (χ4n) is 2.10. The van der Waals surface area contributed by atoms with Gasteiger partial charge in [-0.25, -0.2) is 4.79 Å². The Morgan fingerprint density at radius 2 is 1.87 bits per heavy atom. The molecule has 2 amide bonds. The molecule has 0 bridgehead atoms. The standard InChI is InChI=1S/C17H20ClN3O2/c1-10-4-5-11(2)16(12(10)3)23-9-20-17(22)21-13-6-7-15(19)14(18)8-13/h4-8H,9,19H2,1-3H3,(H2,20,21,22). The first-order valence-electron chi connectivity index (χ1n) is 7.18. The van der Waals surface area contributed by atoms with E-state index in [1.165, 1.54) is 0 Å². The number of nitrogens with one attached hydrogen (secondary N) is 2. The summed E-state index contributed by atoms with van der Waals surface area (Å²) in [5.74, 6) is 0.792. The molecule has 0 heterocycles. The molecule has 4 N–H and O–H groups in total. The number of halogens is 1. The first-order chi connectivity index (χ1) is 10.9. The number of amides is 2. The van der Waals surface area contributed by atoms with Gasteiger partial charge in [-0.2, -0.15) is 0 Å². The Kier molecular flexibility index (Phi) is 5.34. The molecule has 2 aromatic carbocycles. The number of hydrogen-bond donors (Lipinski definition) is 3. The van der Waals surface area contributed by atoms with Gasteiger partial charge in [-0.3, -0.25) is 0 Å². The Bertz CT molecular complexity index is 732. The third-order valence-corrected chi connectivity index (χ3v) is 3.91. The SMILES string of the molecule is Cc1ccc(C)c(OCNC(=O)Nc2ccc(N)c(Cl)c2)c1C. The van der Waals surface area contributed by atoms with Crippen molar-refractivity contribution in [1.29, 1.82) is 0 Å². The van der Waals surface area contributed by atoms with E-state index in [4.69, 9.17) is 22.1 Å². The lowest BCUT2D eigenvalue weighted by Gasteiger charge is -2.15. The topological polar surface area (TPSA) is 76.4 Å². The molecule has 0 aliphatic carbocycles. The van der Waals surface area contributed by atoms with Crippen LogP contribution in [0.15, 0.2) is 30.3 Å². The maximum absolute atomic E-state index is 11.9. The van der Waals surface area contributed by atoms with Gasteiger partial charge in [0.05, 0.1) is 10.7 Å². The highest BCUT2D eigenvalue weighted by atomic mass is 35.5. The number of hydrogen-bond acceptors (Lipinski definition) is 3. The van der Waals surface area contributed by atoms with Gasteiger partial charge in [0.2, 0.25) is 0 Å². The molecule has 0 fully saturated rings. The van der Waals surface area contributed by atoms with Crippen molar-refractivity contribution in [3.05, 3.63) is 52.0 Å². The fraction of sp³-hybridized carbons (Fsp3) is 0.235. The minimum atomic E-state index is -0.381. The number of aryl methyl sites for hydroxylation is 2. The molecule has 0 unspecified atom stereocenters. The molecule has 0 spiro atoms. The average molecular weight is 334 g/mol. The molecule has 0 saturated carbocycles. The zero-order chi connectivity index (χ0) is 17.0. The zero-order valence-corrected chi connectivity index (χ0v) is 14.1. The maximum Gasteiger partial charge on any atom is 0.321 e. The Hall–Kier alpha value is -2.40. The smallest absolute Gasteiger partial charge is 0.321 e. The molecule has 23 heavy (non-hydrogen) atoms. The van der Waals surface area contributed by atoms with E-state index in [-0.39, 0.29) is 12.8 Å². The second-order valence-corrected chi connectivity index (χ2v) is 5.72. The summed E-state index contributed by atoms with van der Waals surface area (Å²) >= 11 is 5.91. The monoisotopic (exact) mass is 333 g/mol. The summed E-state index contributed by atoms with van der Waals surface area (Å²) < 4.78 is 5.68. The zero-order valence-electron chi connectivity index (χ0n) is 13.4. The van der Waals surface area contributed by atoms with E-state index in [0.29, 0.717) is 16.4 Å². The van der Waals surface area contributed by atoms with Crippen LogP contribution in [0.3, 0.4) is 0 Å². The van der Waals surface area contributed by atoms with Crippen molar-refractivity contribution in [3.8, 4) is 5.75 Å². The van der Waals surface area contributed by atoms with Gasteiger partial charge < -0.3 is 21.1 Å². The van der Waals surface area contributed by atoms with Gasteiger partial charge in [-0.1, -0.05) is 23.7 Å². The summed E-state index contributed by atoms with van der Waals surface area (Å²) in [6.45, 7) is 6.05. The van der Waals surface area contributed by atoms with Gasteiger partial charge >= 0.3 is 6.03 Å². The molecule has 0 aliphatic heterocycles. The molecule has 0 radical (unpaired) electrons. The van der Waals surface area contributed by atoms with E-state index >= 15 is 0 Å². The molecule has 2 rings (SSSR count). The molecule has 122 valence electrons. The van der Waals surface area contributed by atoms with Crippen LogP contribution in [0, 0.1) is 20.8 Å². The van der Waals surface area contributed by atoms with Gasteiger partial charge in [0.1, 0.15) is 5.75 Å². The predicted octanol–water partition coefficient (Wildman–Crippen LogP) is 4.01. The summed E-state index contributed by atoms with van der Waals surface area (Å²) in [6.07, 6.45) is 0. The van der Waals surface area contributed by atoms with Crippen molar-refractivity contribution in [2.24, 2.45) is 0 Å². The summed E-state index contributed by atoms with van der Waals surface area (Å²) in [5, 5.41) is 5.70. The quantitative estimate of drug-likeness (QED) is 0.584. The van der Waals surface area contributed by atoms with Crippen LogP contribution in [0.4, 0.5) is 16.2 Å². The van der Waals surface area contributed by atoms with Crippen molar-refractivity contribution in [2.75, 3.05) is 17.8 Å². The van der Waals surface area contributed by atoms with Crippen LogP contribution >= 0.6 is 11.6 Å². The molecular weight excluding hydrogens is 314 g/mol. The molecule has 5 nitrogen and oxygen atoms in total. The molecule has 2 aromatic rings. The van der Waals surface area contributed by atoms with E-state index in [0.717, 1.165) is 22.4 Å². The van der Waals surface area contributed by atoms with E-state index in [9.17, 15) is 4.79 Å². The Balaban J connectivity index is 1.90. The van der Waals surface area contributed by atoms with E-state index in [1.54, 1.807) is 18.2 Å². The summed E-state index contributed by atoms with van der Waals surface area (Å²) in [6, 6.07) is 8.56. The van der Waals surface area contributed by atoms with E-state index in [1.807, 2.05) is 32.9 Å². The second-order valence-electron chi connectivity index (χ2n) is 5.31. The number of carbonyl (C=O) groups is 1. The van der Waals surface area contributed by atoms with Crippen molar-refractivity contribution in [1.82, 2.24) is 5.32 Å². The number of rotatable bonds is 4. The third-order valence-electron chi connectivity index (χ3n) is 3.58. The normalized spacial score (nSPS) is 10.3. The van der Waals surface area contributed by atoms with Crippen LogP contribution in [0.5, 0.6) is 5.75 Å². The number of anilines is 2. The number of benzene rings is 2.